The van der Waals surface area contributed by atoms with Crippen LogP contribution < -0.4 is 0 Å². The van der Waals surface area contributed by atoms with E-state index in [-0.39, 0.29) is 11.4 Å². The van der Waals surface area contributed by atoms with Gasteiger partial charge in [-0.3, -0.25) is 15.1 Å². The molecule has 96 valence electrons. The monoisotopic (exact) mass is 249 g/mol. The van der Waals surface area contributed by atoms with Gasteiger partial charge in [0.1, 0.15) is 5.75 Å². The first kappa shape index (κ1) is 12.3. The number of benzene rings is 1. The zero-order chi connectivity index (χ0) is 13.0. The third-order valence-corrected chi connectivity index (χ3v) is 2.91. The summed E-state index contributed by atoms with van der Waals surface area (Å²) in [5.74, 6) is 0.00126. The molecule has 6 heteroatoms. The quantitative estimate of drug-likeness (QED) is 0.505. The van der Waals surface area contributed by atoms with Gasteiger partial charge >= 0.3 is 0 Å². The van der Waals surface area contributed by atoms with Crippen molar-refractivity contribution in [1.82, 2.24) is 5.01 Å². The van der Waals surface area contributed by atoms with Crippen molar-refractivity contribution >= 4 is 11.9 Å². The van der Waals surface area contributed by atoms with Gasteiger partial charge in [0.05, 0.1) is 11.1 Å². The highest BCUT2D eigenvalue weighted by Crippen LogP contribution is 2.21. The molecule has 1 aliphatic heterocycles. The van der Waals surface area contributed by atoms with Gasteiger partial charge in [0.25, 0.3) is 5.69 Å². The van der Waals surface area contributed by atoms with Crippen LogP contribution in [0, 0.1) is 10.1 Å². The first-order chi connectivity index (χ1) is 8.66. The van der Waals surface area contributed by atoms with Gasteiger partial charge < -0.3 is 5.11 Å². The SMILES string of the molecule is O=[N+]([O-])c1ccc(O)c(/C=N\N2CCCCC2)c1. The van der Waals surface area contributed by atoms with Crippen molar-refractivity contribution in [3.63, 3.8) is 0 Å². The van der Waals surface area contributed by atoms with Gasteiger partial charge in [-0.25, -0.2) is 0 Å². The Balaban J connectivity index is 2.14. The van der Waals surface area contributed by atoms with Gasteiger partial charge in [0.2, 0.25) is 0 Å². The summed E-state index contributed by atoms with van der Waals surface area (Å²) in [5.41, 5.74) is 0.322. The van der Waals surface area contributed by atoms with Gasteiger partial charge in [-0.1, -0.05) is 0 Å². The van der Waals surface area contributed by atoms with Crippen LogP contribution in [0.3, 0.4) is 0 Å². The van der Waals surface area contributed by atoms with E-state index in [1.54, 1.807) is 0 Å². The Labute approximate surface area is 105 Å². The summed E-state index contributed by atoms with van der Waals surface area (Å²) in [6, 6.07) is 3.91. The zero-order valence-electron chi connectivity index (χ0n) is 9.95. The van der Waals surface area contributed by atoms with Crippen LogP contribution >= 0.6 is 0 Å². The van der Waals surface area contributed by atoms with E-state index in [1.165, 1.54) is 30.8 Å². The molecule has 0 unspecified atom stereocenters. The number of aromatic hydroxyl groups is 1. The normalized spacial score (nSPS) is 16.1. The molecule has 0 amide bonds. The number of hydrazone groups is 1. The van der Waals surface area contributed by atoms with E-state index in [0.29, 0.717) is 5.56 Å². The van der Waals surface area contributed by atoms with Crippen LogP contribution in [0.2, 0.25) is 0 Å². The highest BCUT2D eigenvalue weighted by atomic mass is 16.6. The molecule has 18 heavy (non-hydrogen) atoms. The summed E-state index contributed by atoms with van der Waals surface area (Å²) in [6.07, 6.45) is 4.91. The lowest BCUT2D eigenvalue weighted by atomic mass is 10.2. The summed E-state index contributed by atoms with van der Waals surface area (Å²) in [7, 11) is 0. The van der Waals surface area contributed by atoms with Gasteiger partial charge in [0.15, 0.2) is 0 Å². The predicted molar refractivity (Wildman–Crippen MR) is 67.8 cm³/mol. The van der Waals surface area contributed by atoms with Crippen molar-refractivity contribution in [2.24, 2.45) is 5.10 Å². The fourth-order valence-corrected chi connectivity index (χ4v) is 1.90. The number of non-ortho nitro benzene ring substituents is 1. The molecule has 1 fully saturated rings. The second kappa shape index (κ2) is 5.48. The van der Waals surface area contributed by atoms with Crippen LogP contribution in [-0.4, -0.2) is 34.3 Å². The second-order valence-corrected chi connectivity index (χ2v) is 4.26. The van der Waals surface area contributed by atoms with Crippen molar-refractivity contribution in [2.45, 2.75) is 19.3 Å². The Morgan fingerprint density at radius 1 is 1.33 bits per heavy atom. The fourth-order valence-electron chi connectivity index (χ4n) is 1.90. The van der Waals surface area contributed by atoms with Crippen molar-refractivity contribution in [3.05, 3.63) is 33.9 Å². The number of phenols is 1. The lowest BCUT2D eigenvalue weighted by Gasteiger charge is -2.23. The van der Waals surface area contributed by atoms with E-state index < -0.39 is 4.92 Å². The summed E-state index contributed by atoms with van der Waals surface area (Å²) >= 11 is 0. The number of piperidine rings is 1. The summed E-state index contributed by atoms with van der Waals surface area (Å²) in [5, 5.41) is 26.4. The smallest absolute Gasteiger partial charge is 0.270 e. The van der Waals surface area contributed by atoms with E-state index in [0.717, 1.165) is 25.9 Å². The maximum absolute atomic E-state index is 10.6. The van der Waals surface area contributed by atoms with Crippen LogP contribution in [0.15, 0.2) is 23.3 Å². The van der Waals surface area contributed by atoms with Gasteiger partial charge in [-0.2, -0.15) is 5.10 Å². The molecule has 0 aromatic heterocycles. The molecule has 0 spiro atoms. The maximum atomic E-state index is 10.6. The minimum Gasteiger partial charge on any atom is -0.507 e. The predicted octanol–water partition coefficient (Wildman–Crippen LogP) is 2.12. The van der Waals surface area contributed by atoms with Crippen molar-refractivity contribution in [1.29, 1.82) is 0 Å². The maximum Gasteiger partial charge on any atom is 0.270 e. The van der Waals surface area contributed by atoms with E-state index >= 15 is 0 Å². The van der Waals surface area contributed by atoms with Crippen molar-refractivity contribution in [2.75, 3.05) is 13.1 Å². The molecule has 0 saturated carbocycles. The Bertz CT molecular complexity index is 468. The molecule has 0 aliphatic carbocycles. The fraction of sp³-hybridized carbons (Fsp3) is 0.417. The first-order valence-electron chi connectivity index (χ1n) is 5.93. The van der Waals surface area contributed by atoms with Gasteiger partial charge in [-0.05, 0) is 25.3 Å². The molecule has 0 atom stereocenters. The minimum absolute atomic E-state index is 0.00126. The van der Waals surface area contributed by atoms with Gasteiger partial charge in [0, 0.05) is 30.8 Å². The molecule has 1 N–H and O–H groups in total. The Morgan fingerprint density at radius 3 is 2.72 bits per heavy atom. The van der Waals surface area contributed by atoms with Crippen LogP contribution in [0.5, 0.6) is 5.75 Å². The Hall–Kier alpha value is -2.11. The van der Waals surface area contributed by atoms with E-state index in [1.807, 2.05) is 5.01 Å². The largest absolute Gasteiger partial charge is 0.507 e. The van der Waals surface area contributed by atoms with E-state index in [4.69, 9.17) is 0 Å². The van der Waals surface area contributed by atoms with E-state index in [2.05, 4.69) is 5.10 Å². The lowest BCUT2D eigenvalue weighted by Crippen LogP contribution is -2.24. The molecule has 1 heterocycles. The van der Waals surface area contributed by atoms with Crippen molar-refractivity contribution in [3.8, 4) is 5.75 Å². The molecule has 1 aliphatic rings. The molecule has 6 nitrogen and oxygen atoms in total. The standard InChI is InChI=1S/C12H15N3O3/c16-12-5-4-11(15(17)18)8-10(12)9-13-14-6-2-1-3-7-14/h4-5,8-9,16H,1-3,6-7H2/b13-9-. The van der Waals surface area contributed by atoms with Crippen LogP contribution in [0.1, 0.15) is 24.8 Å². The van der Waals surface area contributed by atoms with Crippen LogP contribution in [0.25, 0.3) is 0 Å². The molecular formula is C12H15N3O3. The molecule has 1 aromatic carbocycles. The van der Waals surface area contributed by atoms with E-state index in [9.17, 15) is 15.2 Å². The summed E-state index contributed by atoms with van der Waals surface area (Å²) in [4.78, 5) is 10.2. The molecular weight excluding hydrogens is 234 g/mol. The van der Waals surface area contributed by atoms with Crippen molar-refractivity contribution < 1.29 is 10.0 Å². The minimum atomic E-state index is -0.488. The Morgan fingerprint density at radius 2 is 2.06 bits per heavy atom. The molecule has 1 saturated heterocycles. The number of rotatable bonds is 3. The number of phenolic OH excluding ortho intramolecular Hbond substituents is 1. The average Bonchev–Trinajstić information content (AvgIpc) is 2.38. The summed E-state index contributed by atoms with van der Waals surface area (Å²) < 4.78 is 0. The zero-order valence-corrected chi connectivity index (χ0v) is 9.95. The lowest BCUT2D eigenvalue weighted by molar-refractivity contribution is -0.384. The third-order valence-electron chi connectivity index (χ3n) is 2.91. The number of hydrogen-bond donors (Lipinski definition) is 1. The summed E-state index contributed by atoms with van der Waals surface area (Å²) in [6.45, 7) is 1.79. The topological polar surface area (TPSA) is 79.0 Å². The average molecular weight is 249 g/mol. The van der Waals surface area contributed by atoms with Gasteiger partial charge in [-0.15, -0.1) is 0 Å². The Kier molecular flexibility index (Phi) is 3.76. The number of nitro benzene ring substituents is 1. The molecule has 0 radical (unpaired) electrons. The molecule has 0 bridgehead atoms. The van der Waals surface area contributed by atoms with Crippen LogP contribution in [0.4, 0.5) is 5.69 Å². The highest BCUT2D eigenvalue weighted by molar-refractivity contribution is 5.84. The number of hydrogen-bond acceptors (Lipinski definition) is 5. The first-order valence-corrected chi connectivity index (χ1v) is 5.93. The third kappa shape index (κ3) is 2.97. The second-order valence-electron chi connectivity index (χ2n) is 4.26. The molecule has 2 rings (SSSR count). The number of nitrogens with zero attached hydrogens (tertiary/aromatic N) is 3. The number of nitro groups is 1. The van der Waals surface area contributed by atoms with Crippen LogP contribution in [-0.2, 0) is 0 Å². The highest BCUT2D eigenvalue weighted by Gasteiger charge is 2.10. The molecule has 1 aromatic rings.